The van der Waals surface area contributed by atoms with E-state index in [1.54, 1.807) is 49.2 Å². The van der Waals surface area contributed by atoms with Gasteiger partial charge in [0.25, 0.3) is 11.8 Å². The Labute approximate surface area is 226 Å². The van der Waals surface area contributed by atoms with Crippen LogP contribution in [0.1, 0.15) is 45.4 Å². The summed E-state index contributed by atoms with van der Waals surface area (Å²) in [6, 6.07) is 13.0. The van der Waals surface area contributed by atoms with E-state index >= 15 is 0 Å². The maximum absolute atomic E-state index is 13.1. The van der Waals surface area contributed by atoms with Gasteiger partial charge in [0.1, 0.15) is 6.04 Å². The first-order chi connectivity index (χ1) is 18.8. The Kier molecular flexibility index (Phi) is 8.45. The van der Waals surface area contributed by atoms with Crippen molar-refractivity contribution in [3.05, 3.63) is 89.3 Å². The number of carbonyl (C=O) groups excluding carboxylic acids is 3. The average Bonchev–Trinajstić information content (AvgIpc) is 3.35. The van der Waals surface area contributed by atoms with Crippen molar-refractivity contribution in [3.63, 3.8) is 0 Å². The number of hydrogen-bond donors (Lipinski definition) is 2. The van der Waals surface area contributed by atoms with Crippen molar-refractivity contribution in [3.8, 4) is 11.5 Å². The number of rotatable bonds is 8. The lowest BCUT2D eigenvalue weighted by Crippen LogP contribution is -2.39. The summed E-state index contributed by atoms with van der Waals surface area (Å²) in [4.78, 5) is 37.0. The molecule has 1 atom stereocenters. The summed E-state index contributed by atoms with van der Waals surface area (Å²) >= 11 is 0. The molecule has 0 saturated carbocycles. The van der Waals surface area contributed by atoms with Crippen LogP contribution in [0.25, 0.3) is 5.70 Å². The number of esters is 1. The van der Waals surface area contributed by atoms with E-state index in [1.165, 1.54) is 14.0 Å². The lowest BCUT2D eigenvalue weighted by atomic mass is 10.1. The molecule has 2 heterocycles. The highest BCUT2D eigenvalue weighted by Crippen LogP contribution is 2.32. The van der Waals surface area contributed by atoms with Gasteiger partial charge in [-0.15, -0.1) is 0 Å². The van der Waals surface area contributed by atoms with Crippen LogP contribution < -0.4 is 20.1 Å². The van der Waals surface area contributed by atoms with Crippen LogP contribution in [0.5, 0.6) is 11.5 Å². The summed E-state index contributed by atoms with van der Waals surface area (Å²) in [5.41, 5.74) is 3.62. The normalized spacial score (nSPS) is 15.3. The van der Waals surface area contributed by atoms with Crippen LogP contribution in [0, 0.1) is 0 Å². The van der Waals surface area contributed by atoms with E-state index in [1.807, 2.05) is 30.4 Å². The fourth-order valence-electron chi connectivity index (χ4n) is 4.10. The molecule has 0 aliphatic carbocycles. The fraction of sp³-hybridized carbons (Fsp3) is 0.241. The van der Waals surface area contributed by atoms with Crippen LogP contribution in [-0.2, 0) is 16.0 Å². The first-order valence-electron chi connectivity index (χ1n) is 12.3. The van der Waals surface area contributed by atoms with Gasteiger partial charge in [-0.05, 0) is 74.4 Å². The molecule has 39 heavy (non-hydrogen) atoms. The summed E-state index contributed by atoms with van der Waals surface area (Å²) in [6.45, 7) is 1.54. The molecule has 0 radical (unpaired) electrons. The molecule has 0 spiro atoms. The Morgan fingerprint density at radius 1 is 0.949 bits per heavy atom. The van der Waals surface area contributed by atoms with Crippen molar-refractivity contribution in [2.75, 3.05) is 26.6 Å². The minimum atomic E-state index is -0.782. The van der Waals surface area contributed by atoms with Crippen LogP contribution in [0.2, 0.25) is 0 Å². The second-order valence-electron chi connectivity index (χ2n) is 8.77. The number of aryl methyl sites for hydroxylation is 1. The number of fused-ring (bicyclic) bond motifs is 1. The Morgan fingerprint density at radius 2 is 1.69 bits per heavy atom. The van der Waals surface area contributed by atoms with Gasteiger partial charge in [0.05, 0.1) is 27.0 Å². The molecule has 3 aromatic rings. The van der Waals surface area contributed by atoms with Crippen LogP contribution >= 0.6 is 0 Å². The predicted octanol–water partition coefficient (Wildman–Crippen LogP) is 3.84. The third-order valence-corrected chi connectivity index (χ3v) is 6.19. The van der Waals surface area contributed by atoms with Crippen molar-refractivity contribution in [1.82, 2.24) is 15.1 Å². The van der Waals surface area contributed by atoms with Crippen molar-refractivity contribution >= 4 is 29.2 Å². The molecule has 1 aliphatic rings. The van der Waals surface area contributed by atoms with E-state index in [0.29, 0.717) is 29.2 Å². The topological polar surface area (TPSA) is 121 Å². The minimum absolute atomic E-state index is 0.256. The minimum Gasteiger partial charge on any atom is -0.493 e. The van der Waals surface area contributed by atoms with Crippen LogP contribution in [-0.4, -0.2) is 54.9 Å². The summed E-state index contributed by atoms with van der Waals surface area (Å²) < 4.78 is 17.2. The number of anilines is 1. The zero-order chi connectivity index (χ0) is 27.9. The smallest absolute Gasteiger partial charge is 0.328 e. The van der Waals surface area contributed by atoms with Crippen molar-refractivity contribution in [2.24, 2.45) is 0 Å². The molecular formula is C29H30N4O6. The Bertz CT molecular complexity index is 1440. The zero-order valence-electron chi connectivity index (χ0n) is 22.2. The maximum Gasteiger partial charge on any atom is 0.328 e. The maximum atomic E-state index is 13.1. The zero-order valence-corrected chi connectivity index (χ0v) is 22.2. The van der Waals surface area contributed by atoms with Crippen molar-refractivity contribution in [2.45, 2.75) is 25.8 Å². The molecule has 10 heteroatoms. The number of nitrogens with one attached hydrogen (secondary N) is 2. The second kappa shape index (κ2) is 12.1. The molecule has 10 nitrogen and oxygen atoms in total. The number of hydrogen-bond acceptors (Lipinski definition) is 7. The summed E-state index contributed by atoms with van der Waals surface area (Å²) in [5.74, 6) is -0.148. The fourth-order valence-corrected chi connectivity index (χ4v) is 4.10. The lowest BCUT2D eigenvalue weighted by Gasteiger charge is -2.15. The molecule has 2 amide bonds. The van der Waals surface area contributed by atoms with Crippen LogP contribution in [0.4, 0.5) is 5.69 Å². The number of allylic oxidation sites excluding steroid dienone is 3. The third-order valence-electron chi connectivity index (χ3n) is 6.19. The molecule has 0 fully saturated rings. The van der Waals surface area contributed by atoms with Gasteiger partial charge in [0, 0.05) is 22.5 Å². The van der Waals surface area contributed by atoms with Gasteiger partial charge < -0.3 is 24.8 Å². The Morgan fingerprint density at radius 3 is 2.38 bits per heavy atom. The molecule has 2 aromatic carbocycles. The van der Waals surface area contributed by atoms with E-state index in [9.17, 15) is 14.4 Å². The molecular weight excluding hydrogens is 500 g/mol. The molecule has 1 aromatic heterocycles. The molecule has 0 unspecified atom stereocenters. The molecule has 0 bridgehead atoms. The first-order valence-corrected chi connectivity index (χ1v) is 12.3. The van der Waals surface area contributed by atoms with E-state index in [-0.39, 0.29) is 11.6 Å². The number of carbonyl (C=O) groups is 3. The number of benzene rings is 2. The molecule has 2 N–H and O–H groups in total. The quantitative estimate of drug-likeness (QED) is 0.425. The molecule has 0 saturated heterocycles. The second-order valence-corrected chi connectivity index (χ2v) is 8.77. The van der Waals surface area contributed by atoms with E-state index in [2.05, 4.69) is 26.5 Å². The van der Waals surface area contributed by atoms with Crippen LogP contribution in [0.15, 0.2) is 66.8 Å². The van der Waals surface area contributed by atoms with Crippen molar-refractivity contribution in [1.29, 1.82) is 0 Å². The average molecular weight is 531 g/mol. The molecule has 202 valence electrons. The Hall–Kier alpha value is -4.86. The van der Waals surface area contributed by atoms with E-state index < -0.39 is 17.9 Å². The molecule has 4 rings (SSSR count). The summed E-state index contributed by atoms with van der Waals surface area (Å²) in [5, 5.41) is 10.0. The summed E-state index contributed by atoms with van der Waals surface area (Å²) in [7, 11) is 4.42. The van der Waals surface area contributed by atoms with Gasteiger partial charge in [0.15, 0.2) is 17.2 Å². The first kappa shape index (κ1) is 27.2. The predicted molar refractivity (Wildman–Crippen MR) is 146 cm³/mol. The lowest BCUT2D eigenvalue weighted by molar-refractivity contribution is -0.142. The number of aromatic nitrogens is 2. The number of amides is 2. The van der Waals surface area contributed by atoms with E-state index in [0.717, 1.165) is 23.4 Å². The summed E-state index contributed by atoms with van der Waals surface area (Å²) in [6.07, 6.45) is 7.50. The Balaban J connectivity index is 1.53. The number of ether oxygens (including phenoxy) is 3. The van der Waals surface area contributed by atoms with Gasteiger partial charge in [-0.25, -0.2) is 9.48 Å². The monoisotopic (exact) mass is 530 g/mol. The number of nitrogens with zero attached hydrogens (tertiary/aromatic N) is 2. The van der Waals surface area contributed by atoms with Crippen molar-refractivity contribution < 1.29 is 28.6 Å². The van der Waals surface area contributed by atoms with Gasteiger partial charge in [-0.2, -0.15) is 5.10 Å². The highest BCUT2D eigenvalue weighted by atomic mass is 16.5. The van der Waals surface area contributed by atoms with Gasteiger partial charge in [-0.3, -0.25) is 9.59 Å². The van der Waals surface area contributed by atoms with Crippen LogP contribution in [0.3, 0.4) is 0 Å². The van der Waals surface area contributed by atoms with Gasteiger partial charge in [-0.1, -0.05) is 12.2 Å². The standard InChI is InChI=1S/C29H30N4O6/c1-18(29(36)39-4)30-27(34)19-10-13-21(14-11-19)31-28(35)23-17-22-8-6-5-7-9-24(33(22)32-23)20-12-15-25(37-2)26(16-20)38-3/h5,7,9-18H,6,8H2,1-4H3,(H,30,34)(H,31,35)/b7-5-,24-9-/t18-/m1/s1. The largest absolute Gasteiger partial charge is 0.493 e. The SMILES string of the molecule is COC(=O)[C@@H](C)NC(=O)c1ccc(NC(=O)c2cc3n(n2)/C(c2ccc(OC)c(OC)c2)=C\C=C/CC3)cc1. The third kappa shape index (κ3) is 6.18. The highest BCUT2D eigenvalue weighted by molar-refractivity contribution is 6.03. The van der Waals surface area contributed by atoms with Gasteiger partial charge in [0.2, 0.25) is 0 Å². The van der Waals surface area contributed by atoms with E-state index in [4.69, 9.17) is 9.47 Å². The number of methoxy groups -OCH3 is 3. The highest BCUT2D eigenvalue weighted by Gasteiger charge is 2.20. The molecule has 1 aliphatic heterocycles. The van der Waals surface area contributed by atoms with Gasteiger partial charge >= 0.3 is 5.97 Å².